The number of ether oxygens (including phenoxy) is 2. The highest BCUT2D eigenvalue weighted by Gasteiger charge is 2.30. The summed E-state index contributed by atoms with van der Waals surface area (Å²) >= 11 is 5.71. The first-order valence-electron chi connectivity index (χ1n) is 10.6. The zero-order chi connectivity index (χ0) is 23.8. The highest BCUT2D eigenvalue weighted by atomic mass is 35.5. The third-order valence-electron chi connectivity index (χ3n) is 5.36. The molecule has 7 heteroatoms. The molecule has 6 nitrogen and oxygen atoms in total. The van der Waals surface area contributed by atoms with Gasteiger partial charge in [0.25, 0.3) is 0 Å². The average molecular weight is 466 g/mol. The lowest BCUT2D eigenvalue weighted by Crippen LogP contribution is -2.10. The molecule has 2 aromatic carbocycles. The van der Waals surface area contributed by atoms with Gasteiger partial charge in [0.2, 0.25) is 5.78 Å². The number of benzene rings is 2. The number of nitrogens with zero attached hydrogens (tertiary/aromatic N) is 1. The maximum absolute atomic E-state index is 12.9. The van der Waals surface area contributed by atoms with Crippen LogP contribution in [-0.4, -0.2) is 16.9 Å². The van der Waals surface area contributed by atoms with Crippen molar-refractivity contribution >= 4 is 29.4 Å². The maximum atomic E-state index is 12.9. The van der Waals surface area contributed by atoms with Crippen LogP contribution in [0.2, 0.25) is 5.15 Å². The molecule has 0 unspecified atom stereocenters. The van der Waals surface area contributed by atoms with Gasteiger partial charge in [-0.2, -0.15) is 0 Å². The predicted molar refractivity (Wildman–Crippen MR) is 125 cm³/mol. The lowest BCUT2D eigenvalue weighted by atomic mass is 9.86. The van der Waals surface area contributed by atoms with Crippen molar-refractivity contribution in [2.45, 2.75) is 46.0 Å². The molecule has 0 amide bonds. The zero-order valence-corrected chi connectivity index (χ0v) is 19.7. The largest absolute Gasteiger partial charge is 0.452 e. The zero-order valence-electron chi connectivity index (χ0n) is 18.9. The number of hydrogen-bond donors (Lipinski definition) is 0. The number of rotatable bonds is 5. The molecule has 170 valence electrons. The number of aromatic nitrogens is 1. The Morgan fingerprint density at radius 3 is 2.52 bits per heavy atom. The quantitative estimate of drug-likeness (QED) is 0.258. The highest BCUT2D eigenvalue weighted by Crippen LogP contribution is 2.37. The Labute approximate surface area is 197 Å². The predicted octanol–water partition coefficient (Wildman–Crippen LogP) is 6.09. The van der Waals surface area contributed by atoms with Gasteiger partial charge in [0, 0.05) is 18.6 Å². The van der Waals surface area contributed by atoms with Crippen LogP contribution in [0.3, 0.4) is 0 Å². The fourth-order valence-corrected chi connectivity index (χ4v) is 3.74. The summed E-state index contributed by atoms with van der Waals surface area (Å²) in [6.45, 7) is 8.24. The molecule has 0 bridgehead atoms. The van der Waals surface area contributed by atoms with Crippen molar-refractivity contribution < 1.29 is 23.6 Å². The number of esters is 1. The Morgan fingerprint density at radius 2 is 1.88 bits per heavy atom. The standard InChI is InChI=1S/C26H24ClNO5/c1-15-11-19(31-23(29)10-9-18-14-22(27)28-33-18)13-20-24(15)25(30)21(32-20)12-16-5-7-17(8-6-16)26(2,3)4/h5-8,11-14H,9-10H2,1-4H3/b21-12-. The first-order valence-corrected chi connectivity index (χ1v) is 11.0. The number of hydrogen-bond acceptors (Lipinski definition) is 6. The van der Waals surface area contributed by atoms with Gasteiger partial charge in [-0.05, 0) is 41.2 Å². The number of carbonyl (C=O) groups excluding carboxylic acids is 2. The Morgan fingerprint density at radius 1 is 1.15 bits per heavy atom. The second kappa shape index (κ2) is 8.87. The SMILES string of the molecule is Cc1cc(OC(=O)CCc2cc(Cl)no2)cc2c1C(=O)/C(=C/c1ccc(C(C)(C)C)cc1)O2. The van der Waals surface area contributed by atoms with E-state index in [1.165, 1.54) is 5.56 Å². The van der Waals surface area contributed by atoms with Crippen LogP contribution in [0.15, 0.2) is 52.7 Å². The lowest BCUT2D eigenvalue weighted by molar-refractivity contribution is -0.134. The van der Waals surface area contributed by atoms with Crippen LogP contribution in [0.1, 0.15) is 60.0 Å². The van der Waals surface area contributed by atoms with Crippen molar-refractivity contribution in [3.8, 4) is 11.5 Å². The van der Waals surface area contributed by atoms with Crippen LogP contribution in [0.4, 0.5) is 0 Å². The van der Waals surface area contributed by atoms with Gasteiger partial charge >= 0.3 is 5.97 Å². The van der Waals surface area contributed by atoms with Crippen LogP contribution < -0.4 is 9.47 Å². The molecular formula is C26H24ClNO5. The Balaban J connectivity index is 1.47. The molecule has 1 aliphatic rings. The second-order valence-electron chi connectivity index (χ2n) is 9.02. The number of aryl methyl sites for hydroxylation is 2. The maximum Gasteiger partial charge on any atom is 0.311 e. The summed E-state index contributed by atoms with van der Waals surface area (Å²) in [4.78, 5) is 25.2. The number of ketones is 1. The molecule has 3 aromatic rings. The van der Waals surface area contributed by atoms with Gasteiger partial charge in [0.1, 0.15) is 17.3 Å². The molecule has 1 aliphatic heterocycles. The Bertz CT molecular complexity index is 1250. The van der Waals surface area contributed by atoms with E-state index in [0.29, 0.717) is 34.8 Å². The fourth-order valence-electron chi connectivity index (χ4n) is 3.58. The van der Waals surface area contributed by atoms with Crippen LogP contribution in [-0.2, 0) is 16.6 Å². The molecule has 0 atom stereocenters. The third-order valence-corrected chi connectivity index (χ3v) is 5.53. The fraction of sp³-hybridized carbons (Fsp3) is 0.269. The van der Waals surface area contributed by atoms with Crippen molar-refractivity contribution in [1.29, 1.82) is 0 Å². The van der Waals surface area contributed by atoms with E-state index >= 15 is 0 Å². The summed E-state index contributed by atoms with van der Waals surface area (Å²) in [5.74, 6) is 0.796. The van der Waals surface area contributed by atoms with E-state index in [9.17, 15) is 9.59 Å². The summed E-state index contributed by atoms with van der Waals surface area (Å²) in [5, 5.41) is 3.81. The van der Waals surface area contributed by atoms with Gasteiger partial charge in [0.05, 0.1) is 12.0 Å². The van der Waals surface area contributed by atoms with Gasteiger partial charge in [-0.1, -0.05) is 61.8 Å². The first-order chi connectivity index (χ1) is 15.6. The molecule has 2 heterocycles. The van der Waals surface area contributed by atoms with E-state index < -0.39 is 5.97 Å². The summed E-state index contributed by atoms with van der Waals surface area (Å²) in [6, 6.07) is 12.8. The van der Waals surface area contributed by atoms with Crippen molar-refractivity contribution in [3.05, 3.63) is 81.4 Å². The van der Waals surface area contributed by atoms with Crippen LogP contribution in [0.5, 0.6) is 11.5 Å². The molecule has 0 fully saturated rings. The van der Waals surface area contributed by atoms with E-state index in [-0.39, 0.29) is 28.5 Å². The van der Waals surface area contributed by atoms with Crippen LogP contribution >= 0.6 is 11.6 Å². The van der Waals surface area contributed by atoms with Crippen LogP contribution in [0, 0.1) is 6.92 Å². The van der Waals surface area contributed by atoms with Gasteiger partial charge in [0.15, 0.2) is 10.9 Å². The Hall–Kier alpha value is -3.38. The molecule has 33 heavy (non-hydrogen) atoms. The van der Waals surface area contributed by atoms with E-state index in [1.54, 1.807) is 31.2 Å². The molecule has 0 N–H and O–H groups in total. The molecule has 4 rings (SSSR count). The molecule has 0 aliphatic carbocycles. The summed E-state index contributed by atoms with van der Waals surface area (Å²) in [5.41, 5.74) is 3.28. The molecule has 0 radical (unpaired) electrons. The van der Waals surface area contributed by atoms with Gasteiger partial charge in [-0.25, -0.2) is 0 Å². The van der Waals surface area contributed by atoms with E-state index in [1.807, 2.05) is 12.1 Å². The molecule has 0 spiro atoms. The van der Waals surface area contributed by atoms with Gasteiger partial charge < -0.3 is 14.0 Å². The van der Waals surface area contributed by atoms with E-state index in [0.717, 1.165) is 5.56 Å². The number of allylic oxidation sites excluding steroid dienone is 1. The minimum absolute atomic E-state index is 0.0500. The highest BCUT2D eigenvalue weighted by molar-refractivity contribution is 6.29. The van der Waals surface area contributed by atoms with Crippen molar-refractivity contribution in [2.24, 2.45) is 0 Å². The number of fused-ring (bicyclic) bond motifs is 1. The van der Waals surface area contributed by atoms with Crippen molar-refractivity contribution in [1.82, 2.24) is 5.16 Å². The monoisotopic (exact) mass is 465 g/mol. The minimum Gasteiger partial charge on any atom is -0.452 e. The molecule has 0 saturated heterocycles. The van der Waals surface area contributed by atoms with Crippen molar-refractivity contribution in [3.63, 3.8) is 0 Å². The minimum atomic E-state index is -0.444. The number of carbonyl (C=O) groups is 2. The summed E-state index contributed by atoms with van der Waals surface area (Å²) < 4.78 is 16.3. The van der Waals surface area contributed by atoms with E-state index in [4.69, 9.17) is 25.6 Å². The summed E-state index contributed by atoms with van der Waals surface area (Å²) in [7, 11) is 0. The smallest absolute Gasteiger partial charge is 0.311 e. The topological polar surface area (TPSA) is 78.6 Å². The lowest BCUT2D eigenvalue weighted by Gasteiger charge is -2.18. The second-order valence-corrected chi connectivity index (χ2v) is 9.40. The average Bonchev–Trinajstić information content (AvgIpc) is 3.29. The van der Waals surface area contributed by atoms with Crippen LogP contribution in [0.25, 0.3) is 6.08 Å². The summed E-state index contributed by atoms with van der Waals surface area (Å²) in [6.07, 6.45) is 2.14. The van der Waals surface area contributed by atoms with Crippen molar-refractivity contribution in [2.75, 3.05) is 0 Å². The van der Waals surface area contributed by atoms with Gasteiger partial charge in [-0.3, -0.25) is 9.59 Å². The Kier molecular flexibility index (Phi) is 6.13. The molecule has 1 aromatic heterocycles. The third kappa shape index (κ3) is 5.17. The number of Topliss-reactive ketones (excluding diaryl/α,β-unsaturated/α-hetero) is 1. The van der Waals surface area contributed by atoms with E-state index in [2.05, 4.69) is 38.1 Å². The first kappa shape index (κ1) is 22.8. The molecular weight excluding hydrogens is 442 g/mol. The van der Waals surface area contributed by atoms with Gasteiger partial charge in [-0.15, -0.1) is 0 Å². The normalized spacial score (nSPS) is 14.3. The molecule has 0 saturated carbocycles. The number of halogens is 1.